The molecule has 0 unspecified atom stereocenters. The zero-order valence-corrected chi connectivity index (χ0v) is 15.2. The van der Waals surface area contributed by atoms with Crippen LogP contribution >= 0.6 is 11.3 Å². The molecule has 0 aliphatic carbocycles. The molecule has 0 aromatic carbocycles. The first-order valence-corrected chi connectivity index (χ1v) is 9.02. The number of carbonyl (C=O) groups excluding carboxylic acids is 1. The summed E-state index contributed by atoms with van der Waals surface area (Å²) in [5, 5.41) is 3.43. The van der Waals surface area contributed by atoms with Crippen molar-refractivity contribution in [2.75, 3.05) is 6.54 Å². The van der Waals surface area contributed by atoms with Gasteiger partial charge in [-0.3, -0.25) is 9.59 Å². The molecule has 0 aliphatic rings. The van der Waals surface area contributed by atoms with Crippen LogP contribution in [0.2, 0.25) is 0 Å². The lowest BCUT2D eigenvalue weighted by Gasteiger charge is -2.03. The molecule has 0 atom stereocenters. The second-order valence-corrected chi connectivity index (χ2v) is 7.10. The minimum atomic E-state index is -0.184. The van der Waals surface area contributed by atoms with E-state index in [1.807, 2.05) is 35.0 Å². The van der Waals surface area contributed by atoms with E-state index in [-0.39, 0.29) is 11.5 Å². The molecule has 0 aliphatic heterocycles. The molecule has 1 amide bonds. The molecule has 4 aromatic heterocycles. The van der Waals surface area contributed by atoms with E-state index in [0.29, 0.717) is 33.6 Å². The summed E-state index contributed by atoms with van der Waals surface area (Å²) in [4.78, 5) is 34.7. The van der Waals surface area contributed by atoms with Crippen molar-refractivity contribution in [1.82, 2.24) is 24.3 Å². The van der Waals surface area contributed by atoms with Gasteiger partial charge in [-0.1, -0.05) is 6.07 Å². The summed E-state index contributed by atoms with van der Waals surface area (Å²) in [5.41, 5.74) is 2.35. The first-order chi connectivity index (χ1) is 12.5. The fourth-order valence-corrected chi connectivity index (χ4v) is 3.97. The summed E-state index contributed by atoms with van der Waals surface area (Å²) in [6.45, 7) is 2.26. The van der Waals surface area contributed by atoms with Crippen molar-refractivity contribution in [1.29, 1.82) is 0 Å². The molecule has 0 saturated heterocycles. The lowest BCUT2D eigenvalue weighted by molar-refractivity contribution is 0.0957. The van der Waals surface area contributed by atoms with Crippen LogP contribution in [-0.2, 0) is 13.5 Å². The van der Waals surface area contributed by atoms with Gasteiger partial charge in [-0.15, -0.1) is 11.3 Å². The van der Waals surface area contributed by atoms with Gasteiger partial charge in [0.15, 0.2) is 0 Å². The van der Waals surface area contributed by atoms with Gasteiger partial charge in [0.05, 0.1) is 22.3 Å². The maximum atomic E-state index is 12.5. The van der Waals surface area contributed by atoms with Crippen LogP contribution in [0.25, 0.3) is 15.9 Å². The summed E-state index contributed by atoms with van der Waals surface area (Å²) >= 11 is 1.25. The molecule has 132 valence electrons. The number of aromatic nitrogens is 4. The van der Waals surface area contributed by atoms with E-state index in [1.54, 1.807) is 14.0 Å². The Morgan fingerprint density at radius 3 is 3.00 bits per heavy atom. The Labute approximate surface area is 152 Å². The van der Waals surface area contributed by atoms with Crippen molar-refractivity contribution in [3.8, 4) is 0 Å². The number of nitrogens with zero attached hydrogens (tertiary/aromatic N) is 4. The highest BCUT2D eigenvalue weighted by Gasteiger charge is 2.18. The van der Waals surface area contributed by atoms with E-state index < -0.39 is 0 Å². The van der Waals surface area contributed by atoms with E-state index in [0.717, 1.165) is 11.3 Å². The first-order valence-electron chi connectivity index (χ1n) is 8.20. The first kappa shape index (κ1) is 16.5. The zero-order valence-electron chi connectivity index (χ0n) is 14.4. The van der Waals surface area contributed by atoms with E-state index in [2.05, 4.69) is 15.3 Å². The Morgan fingerprint density at radius 1 is 1.35 bits per heavy atom. The predicted molar refractivity (Wildman–Crippen MR) is 101 cm³/mol. The van der Waals surface area contributed by atoms with E-state index in [9.17, 15) is 9.59 Å². The van der Waals surface area contributed by atoms with Gasteiger partial charge in [0.1, 0.15) is 10.5 Å². The number of aryl methyl sites for hydroxylation is 2. The largest absolute Gasteiger partial charge is 0.351 e. The van der Waals surface area contributed by atoms with Crippen molar-refractivity contribution < 1.29 is 4.79 Å². The van der Waals surface area contributed by atoms with Crippen LogP contribution in [-0.4, -0.2) is 31.4 Å². The molecular formula is C18H17N5O2S. The molecule has 4 heterocycles. The predicted octanol–water partition coefficient (Wildman–Crippen LogP) is 1.92. The van der Waals surface area contributed by atoms with Gasteiger partial charge in [-0.05, 0) is 24.6 Å². The minimum absolute atomic E-state index is 0.132. The Morgan fingerprint density at radius 2 is 2.19 bits per heavy atom. The van der Waals surface area contributed by atoms with Crippen molar-refractivity contribution in [2.24, 2.45) is 7.05 Å². The summed E-state index contributed by atoms with van der Waals surface area (Å²) in [6.07, 6.45) is 6.02. The lowest BCUT2D eigenvalue weighted by Crippen LogP contribution is -2.25. The zero-order chi connectivity index (χ0) is 18.3. The molecule has 0 bridgehead atoms. The Hall–Kier alpha value is -3.00. The van der Waals surface area contributed by atoms with Crippen LogP contribution in [0.15, 0.2) is 41.7 Å². The fraction of sp³-hybridized carbons (Fsp3) is 0.222. The third kappa shape index (κ3) is 2.78. The van der Waals surface area contributed by atoms with E-state index in [4.69, 9.17) is 0 Å². The average Bonchev–Trinajstić information content (AvgIpc) is 3.19. The highest BCUT2D eigenvalue weighted by Crippen LogP contribution is 2.26. The van der Waals surface area contributed by atoms with Crippen molar-refractivity contribution >= 4 is 33.1 Å². The summed E-state index contributed by atoms with van der Waals surface area (Å²) < 4.78 is 3.38. The molecule has 1 N–H and O–H groups in total. The smallest absolute Gasteiger partial charge is 0.262 e. The standard InChI is InChI=1S/C18H17N5O2S/c1-11-14-17(20-10-22(2)18(14)25)26-15(11)16(24)19-7-6-12-9-23-8-4-3-5-13(23)21-12/h3-5,8-10H,6-7H2,1-2H3,(H,19,24). The lowest BCUT2D eigenvalue weighted by atomic mass is 10.2. The molecule has 4 rings (SSSR count). The van der Waals surface area contributed by atoms with Crippen molar-refractivity contribution in [2.45, 2.75) is 13.3 Å². The maximum Gasteiger partial charge on any atom is 0.262 e. The van der Waals surface area contributed by atoms with Crippen LogP contribution in [0.4, 0.5) is 0 Å². The SMILES string of the molecule is Cc1c(C(=O)NCCc2cn3ccccc3n2)sc2ncn(C)c(=O)c12. The number of hydrogen-bond acceptors (Lipinski definition) is 5. The number of fused-ring (bicyclic) bond motifs is 2. The summed E-state index contributed by atoms with van der Waals surface area (Å²) in [5.74, 6) is -0.184. The highest BCUT2D eigenvalue weighted by molar-refractivity contribution is 7.20. The highest BCUT2D eigenvalue weighted by atomic mass is 32.1. The van der Waals surface area contributed by atoms with Gasteiger partial charge in [-0.2, -0.15) is 0 Å². The number of rotatable bonds is 4. The third-order valence-corrected chi connectivity index (χ3v) is 5.50. The number of thiophene rings is 1. The van der Waals surface area contributed by atoms with Gasteiger partial charge < -0.3 is 14.3 Å². The number of hydrogen-bond donors (Lipinski definition) is 1. The quantitative estimate of drug-likeness (QED) is 0.598. The van der Waals surface area contributed by atoms with Crippen LogP contribution in [0.1, 0.15) is 20.9 Å². The fourth-order valence-electron chi connectivity index (χ4n) is 2.92. The van der Waals surface area contributed by atoms with Gasteiger partial charge in [0.25, 0.3) is 11.5 Å². The monoisotopic (exact) mass is 367 g/mol. The van der Waals surface area contributed by atoms with Gasteiger partial charge in [-0.25, -0.2) is 9.97 Å². The number of amides is 1. The second-order valence-electron chi connectivity index (χ2n) is 6.10. The number of carbonyl (C=O) groups is 1. The number of nitrogens with one attached hydrogen (secondary N) is 1. The molecule has 8 heteroatoms. The van der Waals surface area contributed by atoms with Crippen LogP contribution in [0.3, 0.4) is 0 Å². The molecular weight excluding hydrogens is 350 g/mol. The minimum Gasteiger partial charge on any atom is -0.351 e. The van der Waals surface area contributed by atoms with Gasteiger partial charge in [0.2, 0.25) is 0 Å². The van der Waals surface area contributed by atoms with E-state index >= 15 is 0 Å². The summed E-state index contributed by atoms with van der Waals surface area (Å²) in [7, 11) is 1.65. The Bertz CT molecular complexity index is 1150. The van der Waals surface area contributed by atoms with Gasteiger partial charge in [0, 0.05) is 32.4 Å². The molecule has 7 nitrogen and oxygen atoms in total. The van der Waals surface area contributed by atoms with Crippen LogP contribution in [0.5, 0.6) is 0 Å². The normalized spacial score (nSPS) is 11.3. The molecule has 0 fully saturated rings. The summed E-state index contributed by atoms with van der Waals surface area (Å²) in [6, 6.07) is 5.83. The number of pyridine rings is 1. The maximum absolute atomic E-state index is 12.5. The van der Waals surface area contributed by atoms with Crippen LogP contribution < -0.4 is 10.9 Å². The van der Waals surface area contributed by atoms with Crippen molar-refractivity contribution in [3.05, 3.63) is 63.4 Å². The molecule has 0 spiro atoms. The molecule has 4 aromatic rings. The number of imidazole rings is 1. The third-order valence-electron chi connectivity index (χ3n) is 4.30. The van der Waals surface area contributed by atoms with Gasteiger partial charge >= 0.3 is 0 Å². The average molecular weight is 367 g/mol. The van der Waals surface area contributed by atoms with Crippen LogP contribution in [0, 0.1) is 6.92 Å². The second kappa shape index (κ2) is 6.38. The molecule has 0 radical (unpaired) electrons. The molecule has 26 heavy (non-hydrogen) atoms. The topological polar surface area (TPSA) is 81.3 Å². The Balaban J connectivity index is 1.50. The van der Waals surface area contributed by atoms with Crippen molar-refractivity contribution in [3.63, 3.8) is 0 Å². The molecule has 0 saturated carbocycles. The Kier molecular flexibility index (Phi) is 4.04. The van der Waals surface area contributed by atoms with E-state index in [1.165, 1.54) is 22.2 Å².